The summed E-state index contributed by atoms with van der Waals surface area (Å²) < 4.78 is 9.73. The first kappa shape index (κ1) is 11.6. The van der Waals surface area contributed by atoms with Gasteiger partial charge in [0.1, 0.15) is 6.26 Å². The average molecular weight is 253 g/mol. The SMILES string of the molecule is COC(=O)c1coc(-c2ccnc(CCl)c2)n1. The molecule has 0 aliphatic rings. The number of hydrogen-bond donors (Lipinski definition) is 0. The van der Waals surface area contributed by atoms with Gasteiger partial charge >= 0.3 is 5.97 Å². The van der Waals surface area contributed by atoms with Gasteiger partial charge in [-0.1, -0.05) is 0 Å². The Morgan fingerprint density at radius 2 is 2.41 bits per heavy atom. The lowest BCUT2D eigenvalue weighted by atomic mass is 10.2. The fourth-order valence-corrected chi connectivity index (χ4v) is 1.44. The number of nitrogens with zero attached hydrogens (tertiary/aromatic N) is 2. The van der Waals surface area contributed by atoms with Gasteiger partial charge in [-0.15, -0.1) is 11.6 Å². The van der Waals surface area contributed by atoms with E-state index in [-0.39, 0.29) is 5.69 Å². The molecular formula is C11H9ClN2O3. The molecule has 0 radical (unpaired) electrons. The zero-order chi connectivity index (χ0) is 12.3. The highest BCUT2D eigenvalue weighted by Crippen LogP contribution is 2.19. The van der Waals surface area contributed by atoms with Crippen LogP contribution in [0.1, 0.15) is 16.2 Å². The predicted molar refractivity (Wildman–Crippen MR) is 60.6 cm³/mol. The molecule has 0 aromatic carbocycles. The Morgan fingerprint density at radius 3 is 3.12 bits per heavy atom. The van der Waals surface area contributed by atoms with Gasteiger partial charge in [0, 0.05) is 11.8 Å². The lowest BCUT2D eigenvalue weighted by molar-refractivity contribution is 0.0594. The summed E-state index contributed by atoms with van der Waals surface area (Å²) in [5, 5.41) is 0. The maximum Gasteiger partial charge on any atom is 0.360 e. The van der Waals surface area contributed by atoms with E-state index in [1.54, 1.807) is 18.3 Å². The highest BCUT2D eigenvalue weighted by molar-refractivity contribution is 6.16. The summed E-state index contributed by atoms with van der Waals surface area (Å²) in [6.07, 6.45) is 2.86. The third-order valence-corrected chi connectivity index (χ3v) is 2.37. The van der Waals surface area contributed by atoms with E-state index in [9.17, 15) is 4.79 Å². The second-order valence-electron chi connectivity index (χ2n) is 3.20. The largest absolute Gasteiger partial charge is 0.464 e. The number of aromatic nitrogens is 2. The molecule has 2 heterocycles. The molecule has 6 heteroatoms. The van der Waals surface area contributed by atoms with Gasteiger partial charge in [-0.2, -0.15) is 0 Å². The Labute approximate surface area is 102 Å². The number of hydrogen-bond acceptors (Lipinski definition) is 5. The van der Waals surface area contributed by atoms with Crippen molar-refractivity contribution in [3.8, 4) is 11.5 Å². The minimum Gasteiger partial charge on any atom is -0.464 e. The van der Waals surface area contributed by atoms with Crippen LogP contribution in [-0.4, -0.2) is 23.0 Å². The van der Waals surface area contributed by atoms with E-state index in [0.29, 0.717) is 23.0 Å². The normalized spacial score (nSPS) is 10.2. The summed E-state index contributed by atoms with van der Waals surface area (Å²) in [5.41, 5.74) is 1.56. The maximum atomic E-state index is 11.2. The number of ether oxygens (including phenoxy) is 1. The molecule has 0 saturated carbocycles. The van der Waals surface area contributed by atoms with Gasteiger partial charge in [0.05, 0.1) is 18.7 Å². The van der Waals surface area contributed by atoms with Gasteiger partial charge < -0.3 is 9.15 Å². The molecule has 2 rings (SSSR count). The molecule has 2 aromatic rings. The summed E-state index contributed by atoms with van der Waals surface area (Å²) in [7, 11) is 1.29. The molecule has 0 aliphatic heterocycles. The lowest BCUT2D eigenvalue weighted by Gasteiger charge is -1.97. The number of halogens is 1. The summed E-state index contributed by atoms with van der Waals surface area (Å²) in [4.78, 5) is 19.3. The van der Waals surface area contributed by atoms with E-state index < -0.39 is 5.97 Å². The van der Waals surface area contributed by atoms with Gasteiger partial charge in [0.2, 0.25) is 5.89 Å². The first-order valence-corrected chi connectivity index (χ1v) is 5.33. The number of carbonyl (C=O) groups excluding carboxylic acids is 1. The molecule has 0 bridgehead atoms. The van der Waals surface area contributed by atoms with Gasteiger partial charge in [-0.3, -0.25) is 4.98 Å². The summed E-state index contributed by atoms with van der Waals surface area (Å²) in [6.45, 7) is 0. The van der Waals surface area contributed by atoms with Crippen LogP contribution >= 0.6 is 11.6 Å². The summed E-state index contributed by atoms with van der Waals surface area (Å²) >= 11 is 5.68. The van der Waals surface area contributed by atoms with E-state index >= 15 is 0 Å². The van der Waals surface area contributed by atoms with Crippen molar-refractivity contribution in [3.63, 3.8) is 0 Å². The van der Waals surface area contributed by atoms with Gasteiger partial charge in [0.25, 0.3) is 0 Å². The predicted octanol–water partition coefficient (Wildman–Crippen LogP) is 2.26. The molecule has 88 valence electrons. The van der Waals surface area contributed by atoms with Crippen molar-refractivity contribution in [2.75, 3.05) is 7.11 Å². The number of alkyl halides is 1. The van der Waals surface area contributed by atoms with Crippen LogP contribution in [0.3, 0.4) is 0 Å². The first-order valence-electron chi connectivity index (χ1n) is 4.79. The van der Waals surface area contributed by atoms with Crippen molar-refractivity contribution < 1.29 is 13.9 Å². The second-order valence-corrected chi connectivity index (χ2v) is 3.47. The van der Waals surface area contributed by atoms with E-state index in [2.05, 4.69) is 14.7 Å². The zero-order valence-corrected chi connectivity index (χ0v) is 9.77. The highest BCUT2D eigenvalue weighted by atomic mass is 35.5. The van der Waals surface area contributed by atoms with Crippen molar-refractivity contribution in [1.29, 1.82) is 0 Å². The fourth-order valence-electron chi connectivity index (χ4n) is 1.29. The minimum absolute atomic E-state index is 0.131. The summed E-state index contributed by atoms with van der Waals surface area (Å²) in [5.74, 6) is 0.101. The molecule has 0 saturated heterocycles. The molecule has 0 unspecified atom stereocenters. The Morgan fingerprint density at radius 1 is 1.59 bits per heavy atom. The average Bonchev–Trinajstić information content (AvgIpc) is 2.87. The molecule has 17 heavy (non-hydrogen) atoms. The van der Waals surface area contributed by atoms with E-state index in [1.165, 1.54) is 13.4 Å². The van der Waals surface area contributed by atoms with Crippen LogP contribution in [0.5, 0.6) is 0 Å². The van der Waals surface area contributed by atoms with Gasteiger partial charge in [0.15, 0.2) is 5.69 Å². The van der Waals surface area contributed by atoms with Crippen LogP contribution < -0.4 is 0 Å². The van der Waals surface area contributed by atoms with Crippen molar-refractivity contribution in [2.24, 2.45) is 0 Å². The second kappa shape index (κ2) is 4.97. The molecule has 0 atom stereocenters. The number of esters is 1. The molecule has 0 spiro atoms. The molecule has 2 aromatic heterocycles. The van der Waals surface area contributed by atoms with Crippen LogP contribution in [0.2, 0.25) is 0 Å². The Kier molecular flexibility index (Phi) is 3.39. The van der Waals surface area contributed by atoms with Crippen LogP contribution in [0.4, 0.5) is 0 Å². The van der Waals surface area contributed by atoms with E-state index in [4.69, 9.17) is 16.0 Å². The van der Waals surface area contributed by atoms with Crippen LogP contribution in [0.15, 0.2) is 29.0 Å². The number of methoxy groups -OCH3 is 1. The van der Waals surface area contributed by atoms with Crippen molar-refractivity contribution >= 4 is 17.6 Å². The topological polar surface area (TPSA) is 65.2 Å². The lowest BCUT2D eigenvalue weighted by Crippen LogP contribution is -2.00. The number of rotatable bonds is 3. The molecule has 0 aliphatic carbocycles. The van der Waals surface area contributed by atoms with Crippen LogP contribution in [0, 0.1) is 0 Å². The van der Waals surface area contributed by atoms with E-state index in [1.807, 2.05) is 0 Å². The third-order valence-electron chi connectivity index (χ3n) is 2.10. The van der Waals surface area contributed by atoms with Crippen molar-refractivity contribution in [1.82, 2.24) is 9.97 Å². The molecular weight excluding hydrogens is 244 g/mol. The van der Waals surface area contributed by atoms with E-state index in [0.717, 1.165) is 0 Å². The summed E-state index contributed by atoms with van der Waals surface area (Å²) in [6, 6.07) is 3.48. The number of oxazole rings is 1. The highest BCUT2D eigenvalue weighted by Gasteiger charge is 2.13. The Bertz CT molecular complexity index is 539. The van der Waals surface area contributed by atoms with Crippen molar-refractivity contribution in [3.05, 3.63) is 36.0 Å². The standard InChI is InChI=1S/C11H9ClN2O3/c1-16-11(15)9-6-17-10(14-9)7-2-3-13-8(4-7)5-12/h2-4,6H,5H2,1H3. The third kappa shape index (κ3) is 2.45. The first-order chi connectivity index (χ1) is 8.24. The molecule has 0 fully saturated rings. The smallest absolute Gasteiger partial charge is 0.360 e. The molecule has 0 amide bonds. The Hall–Kier alpha value is -1.88. The van der Waals surface area contributed by atoms with Crippen LogP contribution in [0.25, 0.3) is 11.5 Å². The van der Waals surface area contributed by atoms with Gasteiger partial charge in [-0.25, -0.2) is 9.78 Å². The number of pyridine rings is 1. The quantitative estimate of drug-likeness (QED) is 0.619. The zero-order valence-electron chi connectivity index (χ0n) is 9.01. The monoisotopic (exact) mass is 252 g/mol. The van der Waals surface area contributed by atoms with Crippen LogP contribution in [-0.2, 0) is 10.6 Å². The van der Waals surface area contributed by atoms with Crippen molar-refractivity contribution in [2.45, 2.75) is 5.88 Å². The minimum atomic E-state index is -0.536. The molecule has 0 N–H and O–H groups in total. The Balaban J connectivity index is 2.33. The number of carbonyl (C=O) groups is 1. The molecule has 5 nitrogen and oxygen atoms in total. The maximum absolute atomic E-state index is 11.2. The fraction of sp³-hybridized carbons (Fsp3) is 0.182. The van der Waals surface area contributed by atoms with Gasteiger partial charge in [-0.05, 0) is 12.1 Å².